The van der Waals surface area contributed by atoms with Crippen molar-refractivity contribution >= 4 is 17.2 Å². The van der Waals surface area contributed by atoms with Crippen molar-refractivity contribution in [3.8, 4) is 17.1 Å². The SMILES string of the molecule is COc1ccccc1N1CCN(Cc2c(C)nc(-c3ccccc3)nc2Nc2ccc(C)cc2)CC1. The van der Waals surface area contributed by atoms with Gasteiger partial charge < -0.3 is 15.0 Å². The lowest BCUT2D eigenvalue weighted by atomic mass is 10.1. The zero-order chi connectivity index (χ0) is 24.9. The lowest BCUT2D eigenvalue weighted by Crippen LogP contribution is -2.46. The number of nitrogens with one attached hydrogen (secondary N) is 1. The molecule has 0 unspecified atom stereocenters. The van der Waals surface area contributed by atoms with E-state index in [1.165, 1.54) is 5.56 Å². The van der Waals surface area contributed by atoms with Gasteiger partial charge in [0.05, 0.1) is 12.8 Å². The molecule has 1 saturated heterocycles. The van der Waals surface area contributed by atoms with Gasteiger partial charge in [0.15, 0.2) is 5.82 Å². The third kappa shape index (κ3) is 5.34. The number of ether oxygens (including phenoxy) is 1. The number of rotatable bonds is 7. The molecular formula is C30H33N5O. The van der Waals surface area contributed by atoms with Crippen LogP contribution in [0.5, 0.6) is 5.75 Å². The summed E-state index contributed by atoms with van der Waals surface area (Å²) in [5, 5.41) is 3.59. The number of aryl methyl sites for hydroxylation is 2. The van der Waals surface area contributed by atoms with Crippen LogP contribution in [-0.2, 0) is 6.54 Å². The molecule has 0 aliphatic carbocycles. The van der Waals surface area contributed by atoms with E-state index in [-0.39, 0.29) is 0 Å². The Morgan fingerprint density at radius 3 is 2.22 bits per heavy atom. The van der Waals surface area contributed by atoms with Gasteiger partial charge in [0.25, 0.3) is 0 Å². The average Bonchev–Trinajstić information content (AvgIpc) is 2.92. The van der Waals surface area contributed by atoms with E-state index in [0.717, 1.165) is 78.3 Å². The van der Waals surface area contributed by atoms with Crippen LogP contribution < -0.4 is 15.0 Å². The van der Waals surface area contributed by atoms with Gasteiger partial charge in [-0.2, -0.15) is 0 Å². The van der Waals surface area contributed by atoms with E-state index in [2.05, 4.69) is 77.5 Å². The molecule has 5 rings (SSSR count). The van der Waals surface area contributed by atoms with Gasteiger partial charge >= 0.3 is 0 Å². The van der Waals surface area contributed by atoms with E-state index < -0.39 is 0 Å². The molecule has 1 N–H and O–H groups in total. The van der Waals surface area contributed by atoms with E-state index in [1.807, 2.05) is 30.3 Å². The van der Waals surface area contributed by atoms with Gasteiger partial charge in [-0.1, -0.05) is 60.2 Å². The molecule has 0 saturated carbocycles. The molecule has 0 spiro atoms. The molecule has 1 fully saturated rings. The fraction of sp³-hybridized carbons (Fsp3) is 0.267. The maximum absolute atomic E-state index is 5.58. The van der Waals surface area contributed by atoms with Gasteiger partial charge in [-0.25, -0.2) is 9.97 Å². The van der Waals surface area contributed by atoms with Crippen molar-refractivity contribution in [3.63, 3.8) is 0 Å². The van der Waals surface area contributed by atoms with Gasteiger partial charge in [-0.15, -0.1) is 0 Å². The van der Waals surface area contributed by atoms with Gasteiger partial charge in [-0.3, -0.25) is 4.90 Å². The van der Waals surface area contributed by atoms with E-state index in [1.54, 1.807) is 7.11 Å². The van der Waals surface area contributed by atoms with Crippen molar-refractivity contribution in [2.75, 3.05) is 43.5 Å². The second kappa shape index (κ2) is 10.8. The molecule has 0 amide bonds. The van der Waals surface area contributed by atoms with Crippen LogP contribution in [-0.4, -0.2) is 48.2 Å². The third-order valence-electron chi connectivity index (χ3n) is 6.74. The fourth-order valence-electron chi connectivity index (χ4n) is 4.64. The highest BCUT2D eigenvalue weighted by Gasteiger charge is 2.22. The maximum Gasteiger partial charge on any atom is 0.161 e. The Hall–Kier alpha value is -3.90. The molecular weight excluding hydrogens is 446 g/mol. The van der Waals surface area contributed by atoms with Crippen molar-refractivity contribution in [1.29, 1.82) is 0 Å². The molecule has 0 atom stereocenters. The first-order valence-electron chi connectivity index (χ1n) is 12.5. The number of hydrogen-bond donors (Lipinski definition) is 1. The molecule has 1 aromatic heterocycles. The van der Waals surface area contributed by atoms with Crippen LogP contribution in [0, 0.1) is 13.8 Å². The minimum atomic E-state index is 0.743. The maximum atomic E-state index is 5.58. The highest BCUT2D eigenvalue weighted by atomic mass is 16.5. The first kappa shape index (κ1) is 23.8. The standard InChI is InChI=1S/C30H33N5O/c1-22-13-15-25(16-14-22)32-30-26(23(2)31-29(33-30)24-9-5-4-6-10-24)21-34-17-19-35(20-18-34)27-11-7-8-12-28(27)36-3/h4-16H,17-21H2,1-3H3,(H,31,32,33). The Morgan fingerprint density at radius 2 is 1.50 bits per heavy atom. The monoisotopic (exact) mass is 479 g/mol. The number of aromatic nitrogens is 2. The summed E-state index contributed by atoms with van der Waals surface area (Å²) >= 11 is 0. The number of hydrogen-bond acceptors (Lipinski definition) is 6. The minimum Gasteiger partial charge on any atom is -0.495 e. The van der Waals surface area contributed by atoms with Gasteiger partial charge in [0, 0.05) is 55.2 Å². The molecule has 2 heterocycles. The van der Waals surface area contributed by atoms with Crippen molar-refractivity contribution in [1.82, 2.24) is 14.9 Å². The van der Waals surface area contributed by atoms with E-state index in [4.69, 9.17) is 14.7 Å². The highest BCUT2D eigenvalue weighted by molar-refractivity contribution is 5.65. The first-order valence-corrected chi connectivity index (χ1v) is 12.5. The van der Waals surface area contributed by atoms with Crippen molar-refractivity contribution in [2.45, 2.75) is 20.4 Å². The Kier molecular flexibility index (Phi) is 7.14. The predicted octanol–water partition coefficient (Wildman–Crippen LogP) is 5.83. The number of nitrogens with zero attached hydrogens (tertiary/aromatic N) is 4. The molecule has 6 heteroatoms. The summed E-state index contributed by atoms with van der Waals surface area (Å²) in [5.74, 6) is 2.54. The molecule has 3 aromatic carbocycles. The second-order valence-electron chi connectivity index (χ2n) is 9.25. The van der Waals surface area contributed by atoms with Crippen molar-refractivity contribution in [2.24, 2.45) is 0 Å². The zero-order valence-corrected chi connectivity index (χ0v) is 21.2. The van der Waals surface area contributed by atoms with Crippen LogP contribution in [0.1, 0.15) is 16.8 Å². The quantitative estimate of drug-likeness (QED) is 0.360. The molecule has 6 nitrogen and oxygen atoms in total. The van der Waals surface area contributed by atoms with Crippen LogP contribution in [0.15, 0.2) is 78.9 Å². The molecule has 4 aromatic rings. The van der Waals surface area contributed by atoms with Gasteiger partial charge in [-0.05, 0) is 38.1 Å². The molecule has 0 radical (unpaired) electrons. The summed E-state index contributed by atoms with van der Waals surface area (Å²) in [6, 6.07) is 26.9. The van der Waals surface area contributed by atoms with Gasteiger partial charge in [0.1, 0.15) is 11.6 Å². The second-order valence-corrected chi connectivity index (χ2v) is 9.25. The lowest BCUT2D eigenvalue weighted by molar-refractivity contribution is 0.248. The molecule has 0 bridgehead atoms. The fourth-order valence-corrected chi connectivity index (χ4v) is 4.64. The van der Waals surface area contributed by atoms with E-state index in [0.29, 0.717) is 0 Å². The van der Waals surface area contributed by atoms with Crippen LogP contribution in [0.25, 0.3) is 11.4 Å². The third-order valence-corrected chi connectivity index (χ3v) is 6.74. The Bertz CT molecular complexity index is 1300. The number of piperazine rings is 1. The van der Waals surface area contributed by atoms with Crippen LogP contribution in [0.3, 0.4) is 0 Å². The molecule has 184 valence electrons. The number of anilines is 3. The summed E-state index contributed by atoms with van der Waals surface area (Å²) in [4.78, 5) is 14.8. The molecule has 36 heavy (non-hydrogen) atoms. The first-order chi connectivity index (χ1) is 17.6. The summed E-state index contributed by atoms with van der Waals surface area (Å²) < 4.78 is 5.58. The van der Waals surface area contributed by atoms with Crippen LogP contribution in [0.2, 0.25) is 0 Å². The Balaban J connectivity index is 1.38. The summed E-state index contributed by atoms with van der Waals surface area (Å²) in [7, 11) is 1.74. The highest BCUT2D eigenvalue weighted by Crippen LogP contribution is 2.30. The number of benzene rings is 3. The molecule has 1 aliphatic rings. The van der Waals surface area contributed by atoms with Crippen LogP contribution >= 0.6 is 0 Å². The largest absolute Gasteiger partial charge is 0.495 e. The average molecular weight is 480 g/mol. The molecule has 1 aliphatic heterocycles. The Morgan fingerprint density at radius 1 is 0.806 bits per heavy atom. The summed E-state index contributed by atoms with van der Waals surface area (Å²) in [6.45, 7) is 8.81. The minimum absolute atomic E-state index is 0.743. The topological polar surface area (TPSA) is 53.5 Å². The predicted molar refractivity (Wildman–Crippen MR) is 147 cm³/mol. The normalized spacial score (nSPS) is 14.0. The van der Waals surface area contributed by atoms with Crippen molar-refractivity contribution < 1.29 is 4.74 Å². The summed E-state index contributed by atoms with van der Waals surface area (Å²) in [6.07, 6.45) is 0. The Labute approximate surface area is 213 Å². The zero-order valence-electron chi connectivity index (χ0n) is 21.2. The van der Waals surface area contributed by atoms with Gasteiger partial charge in [0.2, 0.25) is 0 Å². The smallest absolute Gasteiger partial charge is 0.161 e. The number of methoxy groups -OCH3 is 1. The number of para-hydroxylation sites is 2. The lowest BCUT2D eigenvalue weighted by Gasteiger charge is -2.37. The van der Waals surface area contributed by atoms with E-state index in [9.17, 15) is 0 Å². The summed E-state index contributed by atoms with van der Waals surface area (Å²) in [5.41, 5.74) is 6.58. The van der Waals surface area contributed by atoms with E-state index >= 15 is 0 Å². The van der Waals surface area contributed by atoms with Crippen molar-refractivity contribution in [3.05, 3.63) is 95.7 Å². The van der Waals surface area contributed by atoms with Crippen LogP contribution in [0.4, 0.5) is 17.2 Å².